The van der Waals surface area contributed by atoms with E-state index in [1.54, 1.807) is 12.4 Å². The fourth-order valence-electron chi connectivity index (χ4n) is 1.12. The van der Waals surface area contributed by atoms with Crippen LogP contribution < -0.4 is 5.69 Å². The molecule has 4 nitrogen and oxygen atoms in total. The van der Waals surface area contributed by atoms with Gasteiger partial charge in [-0.15, -0.1) is 11.3 Å². The zero-order chi connectivity index (χ0) is 10.1. The first kappa shape index (κ1) is 9.21. The van der Waals surface area contributed by atoms with Crippen LogP contribution in [0.3, 0.4) is 0 Å². The van der Waals surface area contributed by atoms with Gasteiger partial charge in [0.25, 0.3) is 0 Å². The molecule has 0 amide bonds. The van der Waals surface area contributed by atoms with E-state index in [1.807, 2.05) is 5.38 Å². The molecule has 0 aliphatic heterocycles. The van der Waals surface area contributed by atoms with E-state index < -0.39 is 0 Å². The molecule has 0 aliphatic carbocycles. The summed E-state index contributed by atoms with van der Waals surface area (Å²) in [6, 6.07) is 0. The summed E-state index contributed by atoms with van der Waals surface area (Å²) in [6.45, 7) is 4.16. The number of aromatic nitrogens is 3. The maximum atomic E-state index is 11.3. The van der Waals surface area contributed by atoms with Gasteiger partial charge >= 0.3 is 5.69 Å². The fraction of sp³-hybridized carbons (Fsp3) is 0.333. The predicted octanol–water partition coefficient (Wildman–Crippen LogP) is 1.75. The van der Waals surface area contributed by atoms with E-state index >= 15 is 0 Å². The lowest BCUT2D eigenvalue weighted by Crippen LogP contribution is -2.13. The van der Waals surface area contributed by atoms with Crippen LogP contribution in [-0.4, -0.2) is 14.5 Å². The summed E-state index contributed by atoms with van der Waals surface area (Å²) in [7, 11) is 0. The molecular weight excluding hydrogens is 198 g/mol. The molecule has 1 N–H and O–H groups in total. The van der Waals surface area contributed by atoms with Crippen LogP contribution in [0.4, 0.5) is 0 Å². The van der Waals surface area contributed by atoms with Crippen molar-refractivity contribution in [2.75, 3.05) is 0 Å². The topological polar surface area (TPSA) is 50.7 Å². The summed E-state index contributed by atoms with van der Waals surface area (Å²) in [4.78, 5) is 18.2. The highest BCUT2D eigenvalue weighted by Crippen LogP contribution is 2.19. The van der Waals surface area contributed by atoms with Gasteiger partial charge in [0.1, 0.15) is 0 Å². The molecule has 0 aromatic carbocycles. The Kier molecular flexibility index (Phi) is 2.25. The van der Waals surface area contributed by atoms with E-state index in [-0.39, 0.29) is 5.69 Å². The van der Waals surface area contributed by atoms with Gasteiger partial charge < -0.3 is 4.98 Å². The predicted molar refractivity (Wildman–Crippen MR) is 56.2 cm³/mol. The molecule has 2 heterocycles. The number of rotatable bonds is 2. The third-order valence-corrected chi connectivity index (χ3v) is 2.81. The van der Waals surface area contributed by atoms with E-state index in [2.05, 4.69) is 23.8 Å². The van der Waals surface area contributed by atoms with Crippen molar-refractivity contribution in [1.82, 2.24) is 14.5 Å². The Morgan fingerprint density at radius 2 is 2.36 bits per heavy atom. The molecule has 14 heavy (non-hydrogen) atoms. The first-order valence-electron chi connectivity index (χ1n) is 4.40. The SMILES string of the molecule is CC(C)c1csc(-n2cc[nH]c2=O)n1. The number of aromatic amines is 1. The fourth-order valence-corrected chi connectivity index (χ4v) is 2.09. The summed E-state index contributed by atoms with van der Waals surface area (Å²) in [5.41, 5.74) is 0.882. The zero-order valence-electron chi connectivity index (χ0n) is 8.02. The lowest BCUT2D eigenvalue weighted by molar-refractivity contribution is 0.821. The van der Waals surface area contributed by atoms with Crippen molar-refractivity contribution in [2.45, 2.75) is 19.8 Å². The summed E-state index contributed by atoms with van der Waals surface area (Å²) in [6.07, 6.45) is 3.30. The van der Waals surface area contributed by atoms with Gasteiger partial charge in [0.2, 0.25) is 0 Å². The molecule has 74 valence electrons. The van der Waals surface area contributed by atoms with Crippen LogP contribution in [0.25, 0.3) is 5.13 Å². The average molecular weight is 209 g/mol. The number of nitrogens with zero attached hydrogens (tertiary/aromatic N) is 2. The van der Waals surface area contributed by atoms with E-state index in [4.69, 9.17) is 0 Å². The van der Waals surface area contributed by atoms with E-state index in [0.717, 1.165) is 10.8 Å². The maximum Gasteiger partial charge on any atom is 0.331 e. The van der Waals surface area contributed by atoms with Gasteiger partial charge in [-0.05, 0) is 5.92 Å². The van der Waals surface area contributed by atoms with E-state index in [9.17, 15) is 4.79 Å². The van der Waals surface area contributed by atoms with E-state index in [0.29, 0.717) is 5.92 Å². The molecule has 2 aromatic heterocycles. The van der Waals surface area contributed by atoms with E-state index in [1.165, 1.54) is 15.9 Å². The van der Waals surface area contributed by atoms with Crippen molar-refractivity contribution in [3.05, 3.63) is 34.0 Å². The Morgan fingerprint density at radius 3 is 2.86 bits per heavy atom. The summed E-state index contributed by atoms with van der Waals surface area (Å²) < 4.78 is 1.51. The average Bonchev–Trinajstić information content (AvgIpc) is 2.71. The third-order valence-electron chi connectivity index (χ3n) is 1.96. The van der Waals surface area contributed by atoms with Crippen molar-refractivity contribution in [2.24, 2.45) is 0 Å². The zero-order valence-corrected chi connectivity index (χ0v) is 8.84. The molecule has 5 heteroatoms. The number of hydrogen-bond acceptors (Lipinski definition) is 3. The third kappa shape index (κ3) is 1.50. The minimum atomic E-state index is -0.144. The van der Waals surface area contributed by atoms with Crippen LogP contribution in [0.1, 0.15) is 25.5 Å². The minimum Gasteiger partial charge on any atom is -0.312 e. The normalized spacial score (nSPS) is 11.1. The molecule has 0 aliphatic rings. The Balaban J connectivity index is 2.44. The molecule has 0 bridgehead atoms. The summed E-state index contributed by atoms with van der Waals surface area (Å²) in [5, 5.41) is 2.71. The highest BCUT2D eigenvalue weighted by molar-refractivity contribution is 7.12. The molecule has 0 atom stereocenters. The standard InChI is InChI=1S/C9H11N3OS/c1-6(2)7-5-14-9(11-7)12-4-3-10-8(12)13/h3-6H,1-2H3,(H,10,13). The lowest BCUT2D eigenvalue weighted by atomic mass is 10.2. The molecular formula is C9H11N3OS. The minimum absolute atomic E-state index is 0.144. The molecule has 2 aromatic rings. The van der Waals surface area contributed by atoms with Crippen LogP contribution >= 0.6 is 11.3 Å². The van der Waals surface area contributed by atoms with Crippen molar-refractivity contribution in [1.29, 1.82) is 0 Å². The van der Waals surface area contributed by atoms with Gasteiger partial charge in [0, 0.05) is 17.8 Å². The van der Waals surface area contributed by atoms with Crippen LogP contribution in [0.5, 0.6) is 0 Å². The van der Waals surface area contributed by atoms with Crippen molar-refractivity contribution >= 4 is 11.3 Å². The Hall–Kier alpha value is -1.36. The van der Waals surface area contributed by atoms with Crippen molar-refractivity contribution in [3.63, 3.8) is 0 Å². The highest BCUT2D eigenvalue weighted by atomic mass is 32.1. The van der Waals surface area contributed by atoms with Crippen LogP contribution in [0.2, 0.25) is 0 Å². The molecule has 0 saturated carbocycles. The van der Waals surface area contributed by atoms with Crippen LogP contribution in [0.15, 0.2) is 22.6 Å². The Bertz CT molecular complexity index is 480. The number of thiazole rings is 1. The van der Waals surface area contributed by atoms with Crippen molar-refractivity contribution in [3.8, 4) is 5.13 Å². The summed E-state index contributed by atoms with van der Waals surface area (Å²) >= 11 is 1.48. The van der Waals surface area contributed by atoms with Gasteiger partial charge in [-0.25, -0.2) is 14.3 Å². The Labute approximate surface area is 85.2 Å². The molecule has 2 rings (SSSR count). The number of imidazole rings is 1. The van der Waals surface area contributed by atoms with Gasteiger partial charge in [-0.1, -0.05) is 13.8 Å². The largest absolute Gasteiger partial charge is 0.331 e. The molecule has 0 saturated heterocycles. The van der Waals surface area contributed by atoms with Gasteiger partial charge in [0.05, 0.1) is 5.69 Å². The van der Waals surface area contributed by atoms with Crippen molar-refractivity contribution < 1.29 is 0 Å². The quantitative estimate of drug-likeness (QED) is 0.819. The highest BCUT2D eigenvalue weighted by Gasteiger charge is 2.08. The molecule has 0 unspecified atom stereocenters. The van der Waals surface area contributed by atoms with Gasteiger partial charge in [-0.2, -0.15) is 0 Å². The second-order valence-electron chi connectivity index (χ2n) is 3.34. The molecule has 0 fully saturated rings. The van der Waals surface area contributed by atoms with Gasteiger partial charge in [0.15, 0.2) is 5.13 Å². The van der Waals surface area contributed by atoms with Gasteiger partial charge in [-0.3, -0.25) is 0 Å². The first-order chi connectivity index (χ1) is 6.68. The monoisotopic (exact) mass is 209 g/mol. The first-order valence-corrected chi connectivity index (χ1v) is 5.28. The molecule has 0 spiro atoms. The lowest BCUT2D eigenvalue weighted by Gasteiger charge is -1.97. The second kappa shape index (κ2) is 3.42. The van der Waals surface area contributed by atoms with Crippen LogP contribution in [0, 0.1) is 0 Å². The maximum absolute atomic E-state index is 11.3. The number of hydrogen-bond donors (Lipinski definition) is 1. The Morgan fingerprint density at radius 1 is 1.57 bits per heavy atom. The summed E-state index contributed by atoms with van der Waals surface area (Å²) in [5.74, 6) is 0.398. The number of H-pyrrole nitrogens is 1. The smallest absolute Gasteiger partial charge is 0.312 e. The molecule has 0 radical (unpaired) electrons. The number of nitrogens with one attached hydrogen (secondary N) is 1. The second-order valence-corrected chi connectivity index (χ2v) is 4.18. The van der Waals surface area contributed by atoms with Crippen LogP contribution in [-0.2, 0) is 0 Å².